The third kappa shape index (κ3) is 6.32. The van der Waals surface area contributed by atoms with Crippen molar-refractivity contribution in [2.45, 2.75) is 38.5 Å². The van der Waals surface area contributed by atoms with Gasteiger partial charge in [-0.15, -0.1) is 0 Å². The molecule has 2 aromatic carbocycles. The van der Waals surface area contributed by atoms with Crippen molar-refractivity contribution in [3.8, 4) is 17.9 Å². The lowest BCUT2D eigenvalue weighted by molar-refractivity contribution is -0.125. The van der Waals surface area contributed by atoms with E-state index >= 15 is 0 Å². The number of rotatable bonds is 7. The third-order valence-corrected chi connectivity index (χ3v) is 9.12. The molecule has 3 aliphatic rings. The Bertz CT molecular complexity index is 1560. The van der Waals surface area contributed by atoms with Crippen LogP contribution in [0.4, 0.5) is 11.5 Å². The maximum Gasteiger partial charge on any atom is 0.318 e. The maximum atomic E-state index is 12.6. The fourth-order valence-electron chi connectivity index (χ4n) is 6.64. The molecule has 1 amide bonds. The summed E-state index contributed by atoms with van der Waals surface area (Å²) >= 11 is 0. The number of aryl methyl sites for hydroxylation is 1. The monoisotopic (exact) mass is 598 g/mol. The van der Waals surface area contributed by atoms with Crippen molar-refractivity contribution < 1.29 is 19.0 Å². The number of methoxy groups -OCH3 is 2. The van der Waals surface area contributed by atoms with Crippen LogP contribution in [-0.4, -0.2) is 112 Å². The molecule has 3 aliphatic heterocycles. The van der Waals surface area contributed by atoms with E-state index in [9.17, 15) is 4.79 Å². The van der Waals surface area contributed by atoms with Crippen molar-refractivity contribution >= 4 is 28.2 Å². The molecule has 0 radical (unpaired) electrons. The highest BCUT2D eigenvalue weighted by molar-refractivity contribution is 5.97. The summed E-state index contributed by atoms with van der Waals surface area (Å²) in [6, 6.07) is 13.7. The first-order valence-electron chi connectivity index (χ1n) is 15.5. The number of likely N-dealkylation sites (N-methyl/N-ethyl adjacent to an activating group) is 1. The summed E-state index contributed by atoms with van der Waals surface area (Å²) < 4.78 is 16.9. The zero-order valence-electron chi connectivity index (χ0n) is 26.2. The van der Waals surface area contributed by atoms with Crippen LogP contribution in [0.1, 0.15) is 23.2 Å². The number of nitrogens with zero attached hydrogens (tertiary/aromatic N) is 6. The van der Waals surface area contributed by atoms with E-state index in [0.29, 0.717) is 45.3 Å². The Kier molecular flexibility index (Phi) is 9.17. The normalized spacial score (nSPS) is 20.4. The van der Waals surface area contributed by atoms with Crippen LogP contribution in [-0.2, 0) is 27.2 Å². The van der Waals surface area contributed by atoms with Gasteiger partial charge < -0.3 is 28.9 Å². The van der Waals surface area contributed by atoms with Crippen LogP contribution in [0.2, 0.25) is 0 Å². The Morgan fingerprint density at radius 2 is 1.82 bits per heavy atom. The molecule has 0 bridgehead atoms. The van der Waals surface area contributed by atoms with Crippen molar-refractivity contribution in [3.05, 3.63) is 53.2 Å². The molecule has 10 heteroatoms. The van der Waals surface area contributed by atoms with Crippen LogP contribution in [0.25, 0.3) is 10.8 Å². The summed E-state index contributed by atoms with van der Waals surface area (Å²) in [6.07, 6.45) is 1.96. The number of ether oxygens (including phenoxy) is 3. The van der Waals surface area contributed by atoms with E-state index in [4.69, 9.17) is 24.2 Å². The number of carbonyl (C=O) groups is 1. The first-order valence-corrected chi connectivity index (χ1v) is 15.5. The Labute approximate surface area is 259 Å². The summed E-state index contributed by atoms with van der Waals surface area (Å²) in [4.78, 5) is 31.4. The minimum absolute atomic E-state index is 0.161. The molecule has 232 valence electrons. The summed E-state index contributed by atoms with van der Waals surface area (Å²) in [5, 5.41) is 2.53. The number of piperazine rings is 1. The topological polar surface area (TPSA) is 83.5 Å². The molecule has 0 N–H and O–H groups in total. The number of anilines is 2. The zero-order valence-corrected chi connectivity index (χ0v) is 26.2. The van der Waals surface area contributed by atoms with Gasteiger partial charge in [-0.3, -0.25) is 9.69 Å². The van der Waals surface area contributed by atoms with Gasteiger partial charge in [-0.1, -0.05) is 36.3 Å². The fraction of sp³-hybridized carbons (Fsp3) is 0.500. The van der Waals surface area contributed by atoms with Crippen molar-refractivity contribution in [2.75, 3.05) is 83.5 Å². The quantitative estimate of drug-likeness (QED) is 0.382. The van der Waals surface area contributed by atoms with Gasteiger partial charge in [0.25, 0.3) is 5.91 Å². The van der Waals surface area contributed by atoms with E-state index in [2.05, 4.69) is 76.9 Å². The summed E-state index contributed by atoms with van der Waals surface area (Å²) in [6.45, 7) is 7.89. The Hall–Kier alpha value is -3.91. The second-order valence-corrected chi connectivity index (χ2v) is 11.9. The van der Waals surface area contributed by atoms with Crippen LogP contribution >= 0.6 is 0 Å². The second-order valence-electron chi connectivity index (χ2n) is 11.9. The highest BCUT2D eigenvalue weighted by Gasteiger charge is 2.32. The lowest BCUT2D eigenvalue weighted by Crippen LogP contribution is -2.49. The average molecular weight is 599 g/mol. The van der Waals surface area contributed by atoms with Gasteiger partial charge in [0, 0.05) is 76.2 Å². The molecule has 1 aromatic heterocycles. The summed E-state index contributed by atoms with van der Waals surface area (Å²) in [7, 11) is 5.45. The van der Waals surface area contributed by atoms with Gasteiger partial charge in [-0.05, 0) is 49.7 Å². The smallest absolute Gasteiger partial charge is 0.318 e. The molecule has 10 nitrogen and oxygen atoms in total. The number of benzene rings is 2. The van der Waals surface area contributed by atoms with E-state index in [0.717, 1.165) is 37.4 Å². The molecule has 2 atom stereocenters. The van der Waals surface area contributed by atoms with Gasteiger partial charge in [0.05, 0.1) is 18.3 Å². The average Bonchev–Trinajstić information content (AvgIpc) is 3.42. The van der Waals surface area contributed by atoms with Crippen molar-refractivity contribution in [1.29, 1.82) is 0 Å². The lowest BCUT2D eigenvalue weighted by atomic mass is 9.99. The van der Waals surface area contributed by atoms with E-state index in [1.165, 1.54) is 27.6 Å². The van der Waals surface area contributed by atoms with E-state index in [-0.39, 0.29) is 24.7 Å². The fourth-order valence-corrected chi connectivity index (χ4v) is 6.64. The molecule has 4 heterocycles. The molecule has 1 unspecified atom stereocenters. The zero-order chi connectivity index (χ0) is 30.6. The van der Waals surface area contributed by atoms with E-state index in [1.54, 1.807) is 19.1 Å². The Morgan fingerprint density at radius 1 is 1.02 bits per heavy atom. The molecular formula is C34H42N6O4. The molecule has 0 saturated carbocycles. The van der Waals surface area contributed by atoms with Crippen LogP contribution in [0.5, 0.6) is 6.01 Å². The van der Waals surface area contributed by atoms with E-state index < -0.39 is 0 Å². The number of amides is 1. The lowest BCUT2D eigenvalue weighted by Gasteiger charge is -2.38. The largest absolute Gasteiger partial charge is 0.462 e. The Morgan fingerprint density at radius 3 is 2.57 bits per heavy atom. The molecule has 0 aliphatic carbocycles. The SMILES string of the molecule is COCC#CC(=O)N1CCN(c2nc(OC[C@H]3CC(OC)CN3C)nc3c2CCN(c2cccc4cccc(C)c24)C3)CC1. The van der Waals surface area contributed by atoms with Crippen molar-refractivity contribution in [2.24, 2.45) is 0 Å². The van der Waals surface area contributed by atoms with Crippen LogP contribution < -0.4 is 14.5 Å². The van der Waals surface area contributed by atoms with Gasteiger partial charge in [0.15, 0.2) is 0 Å². The van der Waals surface area contributed by atoms with E-state index in [1.807, 2.05) is 0 Å². The number of hydrogen-bond donors (Lipinski definition) is 0. The summed E-state index contributed by atoms with van der Waals surface area (Å²) in [5.41, 5.74) is 4.67. The third-order valence-electron chi connectivity index (χ3n) is 9.12. The minimum atomic E-state index is -0.161. The van der Waals surface area contributed by atoms with Gasteiger partial charge in [-0.25, -0.2) is 0 Å². The number of aromatic nitrogens is 2. The van der Waals surface area contributed by atoms with Gasteiger partial charge in [0.1, 0.15) is 19.0 Å². The summed E-state index contributed by atoms with van der Waals surface area (Å²) in [5.74, 6) is 6.22. The first kappa shape index (κ1) is 30.1. The van der Waals surface area contributed by atoms with Crippen molar-refractivity contribution in [3.63, 3.8) is 0 Å². The molecule has 2 fully saturated rings. The highest BCUT2D eigenvalue weighted by atomic mass is 16.5. The minimum Gasteiger partial charge on any atom is -0.462 e. The number of fused-ring (bicyclic) bond motifs is 2. The molecule has 6 rings (SSSR count). The molecule has 0 spiro atoms. The second kappa shape index (κ2) is 13.4. The molecule has 3 aromatic rings. The molecule has 2 saturated heterocycles. The standard InChI is InChI=1S/C34H42N6O4/c1-24-8-5-9-25-10-6-11-30(32(24)25)40-14-13-28-29(22-40)35-34(44-23-26-20-27(43-4)21-37(26)2)36-33(28)39-17-15-38(16-18-39)31(41)12-7-19-42-3/h5-6,8-11,26-27H,13-23H2,1-4H3/t26-,27?/m1/s1. The maximum absolute atomic E-state index is 12.6. The Balaban J connectivity index is 1.26. The number of hydrogen-bond acceptors (Lipinski definition) is 9. The van der Waals surface area contributed by atoms with Gasteiger partial charge in [-0.2, -0.15) is 9.97 Å². The molecular weight excluding hydrogens is 556 g/mol. The number of likely N-dealkylation sites (tertiary alicyclic amines) is 1. The molecule has 44 heavy (non-hydrogen) atoms. The highest BCUT2D eigenvalue weighted by Crippen LogP contribution is 2.35. The number of carbonyl (C=O) groups excluding carboxylic acids is 1. The van der Waals surface area contributed by atoms with Crippen LogP contribution in [0.3, 0.4) is 0 Å². The predicted octanol–water partition coefficient (Wildman–Crippen LogP) is 2.90. The van der Waals surface area contributed by atoms with Crippen molar-refractivity contribution in [1.82, 2.24) is 19.8 Å². The first-order chi connectivity index (χ1) is 21.4. The van der Waals surface area contributed by atoms with Crippen LogP contribution in [0.15, 0.2) is 36.4 Å². The van der Waals surface area contributed by atoms with Gasteiger partial charge >= 0.3 is 6.01 Å². The van der Waals surface area contributed by atoms with Crippen LogP contribution in [0, 0.1) is 18.8 Å². The predicted molar refractivity (Wildman–Crippen MR) is 171 cm³/mol. The van der Waals surface area contributed by atoms with Gasteiger partial charge in [0.2, 0.25) is 0 Å².